The molecule has 0 bridgehead atoms. The van der Waals surface area contributed by atoms with Gasteiger partial charge in [0, 0.05) is 93.4 Å². The Bertz CT molecular complexity index is 1400. The second kappa shape index (κ2) is 10.6. The van der Waals surface area contributed by atoms with Crippen molar-refractivity contribution in [3.63, 3.8) is 0 Å². The van der Waals surface area contributed by atoms with Crippen molar-refractivity contribution in [2.45, 2.75) is 13.3 Å². The average Bonchev–Trinajstić information content (AvgIpc) is 3.24. The minimum absolute atomic E-state index is 0. The number of hydrogen-bond donors (Lipinski definition) is 2. The summed E-state index contributed by atoms with van der Waals surface area (Å²) < 4.78 is 39.3. The van der Waals surface area contributed by atoms with Crippen molar-refractivity contribution >= 4 is 89.6 Å². The van der Waals surface area contributed by atoms with Crippen LogP contribution in [0, 0.1) is 6.92 Å². The molecule has 0 aliphatic heterocycles. The third-order valence-electron chi connectivity index (χ3n) is 4.70. The molecule has 0 spiro atoms. The van der Waals surface area contributed by atoms with Gasteiger partial charge in [0.05, 0.1) is 5.69 Å². The van der Waals surface area contributed by atoms with E-state index in [1.54, 1.807) is 36.5 Å². The zero-order chi connectivity index (χ0) is 22.0. The summed E-state index contributed by atoms with van der Waals surface area (Å²) in [6.07, 6.45) is 1.95. The van der Waals surface area contributed by atoms with E-state index in [9.17, 15) is 13.2 Å². The van der Waals surface area contributed by atoms with Crippen LogP contribution in [0.4, 0.5) is 5.69 Å². The van der Waals surface area contributed by atoms with Gasteiger partial charge in [-0.05, 0) is 42.3 Å². The molecule has 2 heterocycles. The van der Waals surface area contributed by atoms with E-state index in [1.807, 2.05) is 24.4 Å². The fourth-order valence-corrected chi connectivity index (χ4v) is 4.20. The topological polar surface area (TPSA) is 111 Å². The molecule has 0 fully saturated rings. The van der Waals surface area contributed by atoms with Crippen molar-refractivity contribution in [1.29, 1.82) is 0 Å². The van der Waals surface area contributed by atoms with Crippen molar-refractivity contribution in [3.8, 4) is 10.9 Å². The van der Waals surface area contributed by atoms with Crippen LogP contribution in [-0.4, -0.2) is 71.8 Å². The predicted molar refractivity (Wildman–Crippen MR) is 126 cm³/mol. The second-order valence-corrected chi connectivity index (χ2v) is 9.21. The molecule has 0 amide bonds. The Hall–Kier alpha value is -1.57. The zero-order valence-corrected chi connectivity index (χ0v) is 22.5. The van der Waals surface area contributed by atoms with Crippen molar-refractivity contribution in [2.75, 3.05) is 11.8 Å². The molecule has 0 saturated carbocycles. The van der Waals surface area contributed by atoms with Gasteiger partial charge in [0.15, 0.2) is 0 Å². The summed E-state index contributed by atoms with van der Waals surface area (Å²) >= 11 is 1.37. The molecule has 32 heavy (non-hydrogen) atoms. The number of ether oxygens (including phenoxy) is 1. The molecule has 161 valence electrons. The van der Waals surface area contributed by atoms with Crippen LogP contribution in [0.2, 0.25) is 0 Å². The number of thiazole rings is 1. The van der Waals surface area contributed by atoms with Crippen molar-refractivity contribution < 1.29 is 17.6 Å². The Labute approximate surface area is 231 Å². The summed E-state index contributed by atoms with van der Waals surface area (Å²) in [4.78, 5) is 16.8. The molecule has 4 rings (SSSR count). The van der Waals surface area contributed by atoms with Gasteiger partial charge < -0.3 is 9.15 Å². The summed E-state index contributed by atoms with van der Waals surface area (Å²) in [5.41, 5.74) is 2.46. The van der Waals surface area contributed by atoms with Crippen LogP contribution in [0.25, 0.3) is 11.0 Å². The van der Waals surface area contributed by atoms with E-state index in [0.29, 0.717) is 34.2 Å². The molecule has 0 aliphatic rings. The van der Waals surface area contributed by atoms with Crippen LogP contribution in [0.5, 0.6) is 10.9 Å². The normalized spacial score (nSPS) is 11.2. The van der Waals surface area contributed by atoms with E-state index in [-0.39, 0.29) is 51.4 Å². The minimum Gasteiger partial charge on any atom is -0.431 e. The van der Waals surface area contributed by atoms with Crippen LogP contribution < -0.4 is 19.8 Å². The number of anilines is 1. The standard InChI is InChI=1S/C21H19N3O5S2.K/c1-13-17-7-6-16(28-21-23-8-9-30-21)12-19(17)29-20(25)18(13)11-14-4-3-5-15(10-14)24-31(26,27)22-2;/h3-10,12,22,24H,11H2,1-2H3;. The number of hydrogen-bond acceptors (Lipinski definition) is 7. The van der Waals surface area contributed by atoms with Crippen LogP contribution in [0.1, 0.15) is 16.7 Å². The summed E-state index contributed by atoms with van der Waals surface area (Å²) in [5.74, 6) is 0.530. The Kier molecular flexibility index (Phi) is 8.28. The van der Waals surface area contributed by atoms with Gasteiger partial charge in [0.25, 0.3) is 15.4 Å². The van der Waals surface area contributed by atoms with Gasteiger partial charge in [-0.3, -0.25) is 4.72 Å². The quantitative estimate of drug-likeness (QED) is 0.300. The van der Waals surface area contributed by atoms with Crippen molar-refractivity contribution in [2.24, 2.45) is 0 Å². The van der Waals surface area contributed by atoms with Gasteiger partial charge in [-0.15, -0.1) is 0 Å². The summed E-state index contributed by atoms with van der Waals surface area (Å²) in [5, 5.41) is 3.11. The maximum absolute atomic E-state index is 12.7. The van der Waals surface area contributed by atoms with Gasteiger partial charge >= 0.3 is 5.63 Å². The fourth-order valence-electron chi connectivity index (χ4n) is 3.16. The third kappa shape index (κ3) is 5.86. The Morgan fingerprint density at radius 2 is 2.00 bits per heavy atom. The molecule has 0 atom stereocenters. The Balaban J connectivity index is 0.00000289. The first-order valence-electron chi connectivity index (χ1n) is 9.28. The maximum atomic E-state index is 12.7. The van der Waals surface area contributed by atoms with Gasteiger partial charge in [0.1, 0.15) is 11.3 Å². The van der Waals surface area contributed by atoms with E-state index in [2.05, 4.69) is 14.4 Å². The number of aryl methyl sites for hydroxylation is 1. The largest absolute Gasteiger partial charge is 0.431 e. The second-order valence-electron chi connectivity index (χ2n) is 6.74. The molecule has 1 radical (unpaired) electrons. The molecule has 0 saturated heterocycles. The SMILES string of the molecule is CNS(=O)(=O)Nc1cccc(Cc2c(C)c3ccc(Oc4nccs4)cc3oc2=O)c1.[K]. The van der Waals surface area contributed by atoms with E-state index < -0.39 is 15.8 Å². The third-order valence-corrected chi connectivity index (χ3v) is 6.39. The van der Waals surface area contributed by atoms with Gasteiger partial charge in [-0.1, -0.05) is 23.5 Å². The van der Waals surface area contributed by atoms with Crippen molar-refractivity contribution in [3.05, 3.63) is 81.2 Å². The maximum Gasteiger partial charge on any atom is 0.340 e. The van der Waals surface area contributed by atoms with Gasteiger partial charge in [-0.25, -0.2) is 14.5 Å². The van der Waals surface area contributed by atoms with E-state index >= 15 is 0 Å². The molecule has 4 aromatic rings. The van der Waals surface area contributed by atoms with Gasteiger partial charge in [0.2, 0.25) is 0 Å². The monoisotopic (exact) mass is 496 g/mol. The predicted octanol–water partition coefficient (Wildman–Crippen LogP) is 3.44. The minimum atomic E-state index is -3.63. The van der Waals surface area contributed by atoms with Crippen LogP contribution in [0.3, 0.4) is 0 Å². The number of nitrogens with zero attached hydrogens (tertiary/aromatic N) is 1. The molecule has 2 N–H and O–H groups in total. The first kappa shape index (κ1) is 25.1. The number of fused-ring (bicyclic) bond motifs is 1. The molecule has 2 aromatic heterocycles. The Morgan fingerprint density at radius 3 is 2.72 bits per heavy atom. The molecule has 11 heteroatoms. The van der Waals surface area contributed by atoms with E-state index in [0.717, 1.165) is 16.5 Å². The summed E-state index contributed by atoms with van der Waals surface area (Å²) in [7, 11) is -2.30. The van der Waals surface area contributed by atoms with Crippen molar-refractivity contribution in [1.82, 2.24) is 9.71 Å². The fraction of sp³-hybridized carbons (Fsp3) is 0.143. The Morgan fingerprint density at radius 1 is 1.19 bits per heavy atom. The molecular formula is C21H19KN3O5S2. The molecular weight excluding hydrogens is 477 g/mol. The van der Waals surface area contributed by atoms with Gasteiger partial charge in [-0.2, -0.15) is 8.42 Å². The molecule has 2 aromatic carbocycles. The van der Waals surface area contributed by atoms with E-state index in [1.165, 1.54) is 18.4 Å². The number of aromatic nitrogens is 1. The summed E-state index contributed by atoms with van der Waals surface area (Å²) in [6.45, 7) is 1.86. The number of nitrogens with one attached hydrogen (secondary N) is 2. The van der Waals surface area contributed by atoms with Crippen LogP contribution in [0.15, 0.2) is 63.3 Å². The molecule has 0 aliphatic carbocycles. The first-order valence-corrected chi connectivity index (χ1v) is 11.6. The first-order chi connectivity index (χ1) is 14.8. The number of benzene rings is 2. The van der Waals surface area contributed by atoms with Crippen LogP contribution in [-0.2, 0) is 16.6 Å². The number of rotatable bonds is 7. The average molecular weight is 497 g/mol. The molecule has 0 unspecified atom stereocenters. The smallest absolute Gasteiger partial charge is 0.340 e. The zero-order valence-electron chi connectivity index (χ0n) is 17.7. The molecule has 8 nitrogen and oxygen atoms in total. The van der Waals surface area contributed by atoms with E-state index in [4.69, 9.17) is 9.15 Å². The van der Waals surface area contributed by atoms with Crippen LogP contribution >= 0.6 is 11.3 Å². The summed E-state index contributed by atoms with van der Waals surface area (Å²) in [6, 6.07) is 12.2.